The first kappa shape index (κ1) is 14.4. The normalized spacial score (nSPS) is 10.1. The zero-order chi connectivity index (χ0) is 15.4. The molecule has 7 heteroatoms. The van der Waals surface area contributed by atoms with Gasteiger partial charge in [0, 0.05) is 36.0 Å². The van der Waals surface area contributed by atoms with E-state index in [-0.39, 0.29) is 11.4 Å². The van der Waals surface area contributed by atoms with Crippen LogP contribution in [0.5, 0.6) is 0 Å². The molecule has 2 rings (SSSR count). The SMILES string of the molecule is Cc1c(CNc2cccc([N+](=O)[O-])c2)cccc1[N+](=O)[O-]. The maximum atomic E-state index is 10.9. The number of non-ortho nitro benzene ring substituents is 1. The van der Waals surface area contributed by atoms with Crippen LogP contribution in [0.25, 0.3) is 0 Å². The summed E-state index contributed by atoms with van der Waals surface area (Å²) >= 11 is 0. The van der Waals surface area contributed by atoms with E-state index in [0.29, 0.717) is 17.8 Å². The van der Waals surface area contributed by atoms with Gasteiger partial charge in [0.2, 0.25) is 0 Å². The Kier molecular flexibility index (Phi) is 4.13. The molecule has 0 radical (unpaired) electrons. The second kappa shape index (κ2) is 6.00. The number of nitro benzene ring substituents is 2. The number of nitrogens with zero attached hydrogens (tertiary/aromatic N) is 2. The van der Waals surface area contributed by atoms with Crippen molar-refractivity contribution in [1.29, 1.82) is 0 Å². The standard InChI is InChI=1S/C14H13N3O4/c1-10-11(4-2-7-14(10)17(20)21)9-15-12-5-3-6-13(8-12)16(18)19/h2-8,15H,9H2,1H3. The van der Waals surface area contributed by atoms with Crippen molar-refractivity contribution in [1.82, 2.24) is 0 Å². The van der Waals surface area contributed by atoms with Gasteiger partial charge < -0.3 is 5.32 Å². The first-order chi connectivity index (χ1) is 9.99. The summed E-state index contributed by atoms with van der Waals surface area (Å²) in [5.74, 6) is 0. The Morgan fingerprint density at radius 3 is 2.43 bits per heavy atom. The van der Waals surface area contributed by atoms with E-state index in [9.17, 15) is 20.2 Å². The average Bonchev–Trinajstić information content (AvgIpc) is 2.46. The van der Waals surface area contributed by atoms with Crippen LogP contribution in [0.15, 0.2) is 42.5 Å². The lowest BCUT2D eigenvalue weighted by molar-refractivity contribution is -0.385. The Balaban J connectivity index is 2.17. The van der Waals surface area contributed by atoms with Crippen molar-refractivity contribution < 1.29 is 9.85 Å². The fraction of sp³-hybridized carbons (Fsp3) is 0.143. The van der Waals surface area contributed by atoms with E-state index >= 15 is 0 Å². The smallest absolute Gasteiger partial charge is 0.272 e. The Morgan fingerprint density at radius 2 is 1.76 bits per heavy atom. The van der Waals surface area contributed by atoms with Gasteiger partial charge in [0.15, 0.2) is 0 Å². The van der Waals surface area contributed by atoms with Crippen molar-refractivity contribution in [3.63, 3.8) is 0 Å². The summed E-state index contributed by atoms with van der Waals surface area (Å²) in [5.41, 5.74) is 2.01. The molecule has 0 atom stereocenters. The van der Waals surface area contributed by atoms with Gasteiger partial charge in [-0.1, -0.05) is 18.2 Å². The van der Waals surface area contributed by atoms with Gasteiger partial charge in [0.25, 0.3) is 11.4 Å². The molecule has 0 aliphatic heterocycles. The number of hydrogen-bond donors (Lipinski definition) is 1. The molecule has 0 heterocycles. The molecule has 0 aromatic heterocycles. The largest absolute Gasteiger partial charge is 0.381 e. The Bertz CT molecular complexity index is 700. The van der Waals surface area contributed by atoms with E-state index in [1.165, 1.54) is 18.2 Å². The van der Waals surface area contributed by atoms with Gasteiger partial charge in [-0.05, 0) is 18.6 Å². The van der Waals surface area contributed by atoms with Crippen molar-refractivity contribution in [2.45, 2.75) is 13.5 Å². The first-order valence-corrected chi connectivity index (χ1v) is 6.20. The molecular formula is C14H13N3O4. The minimum Gasteiger partial charge on any atom is -0.381 e. The lowest BCUT2D eigenvalue weighted by Gasteiger charge is -2.09. The molecule has 2 aromatic rings. The van der Waals surface area contributed by atoms with Gasteiger partial charge in [0.05, 0.1) is 9.85 Å². The van der Waals surface area contributed by atoms with Crippen LogP contribution in [0, 0.1) is 27.2 Å². The lowest BCUT2D eigenvalue weighted by Crippen LogP contribution is -2.03. The van der Waals surface area contributed by atoms with Crippen molar-refractivity contribution in [3.8, 4) is 0 Å². The number of benzene rings is 2. The molecule has 0 saturated carbocycles. The maximum absolute atomic E-state index is 10.9. The topological polar surface area (TPSA) is 98.3 Å². The Labute approximate surface area is 120 Å². The van der Waals surface area contributed by atoms with E-state index in [1.54, 1.807) is 31.2 Å². The highest BCUT2D eigenvalue weighted by atomic mass is 16.6. The van der Waals surface area contributed by atoms with Crippen LogP contribution in [0.2, 0.25) is 0 Å². The van der Waals surface area contributed by atoms with E-state index < -0.39 is 9.85 Å². The molecule has 0 saturated heterocycles. The number of rotatable bonds is 5. The molecule has 7 nitrogen and oxygen atoms in total. The van der Waals surface area contributed by atoms with Crippen LogP contribution in [-0.2, 0) is 6.54 Å². The highest BCUT2D eigenvalue weighted by molar-refractivity contribution is 5.52. The first-order valence-electron chi connectivity index (χ1n) is 6.20. The second-order valence-electron chi connectivity index (χ2n) is 4.48. The quantitative estimate of drug-likeness (QED) is 0.671. The molecule has 0 spiro atoms. The van der Waals surface area contributed by atoms with Gasteiger partial charge in [-0.3, -0.25) is 20.2 Å². The Hall–Kier alpha value is -2.96. The van der Waals surface area contributed by atoms with Crippen LogP contribution in [0.1, 0.15) is 11.1 Å². The maximum Gasteiger partial charge on any atom is 0.272 e. The summed E-state index contributed by atoms with van der Waals surface area (Å²) in [5, 5.41) is 24.6. The fourth-order valence-electron chi connectivity index (χ4n) is 1.99. The molecule has 21 heavy (non-hydrogen) atoms. The zero-order valence-corrected chi connectivity index (χ0v) is 11.3. The number of hydrogen-bond acceptors (Lipinski definition) is 5. The molecule has 0 amide bonds. The van der Waals surface area contributed by atoms with E-state index in [2.05, 4.69) is 5.32 Å². The molecular weight excluding hydrogens is 274 g/mol. The van der Waals surface area contributed by atoms with Gasteiger partial charge in [-0.25, -0.2) is 0 Å². The summed E-state index contributed by atoms with van der Waals surface area (Å²) in [6.07, 6.45) is 0. The Morgan fingerprint density at radius 1 is 1.05 bits per heavy atom. The van der Waals surface area contributed by atoms with E-state index in [0.717, 1.165) is 5.56 Å². The van der Waals surface area contributed by atoms with Crippen LogP contribution in [-0.4, -0.2) is 9.85 Å². The lowest BCUT2D eigenvalue weighted by atomic mass is 10.1. The number of anilines is 1. The summed E-state index contributed by atoms with van der Waals surface area (Å²) in [7, 11) is 0. The van der Waals surface area contributed by atoms with Gasteiger partial charge >= 0.3 is 0 Å². The molecule has 2 aromatic carbocycles. The minimum atomic E-state index is -0.468. The monoisotopic (exact) mass is 287 g/mol. The minimum absolute atomic E-state index is 0.00392. The van der Waals surface area contributed by atoms with Crippen LogP contribution < -0.4 is 5.32 Å². The third kappa shape index (κ3) is 3.33. The molecule has 0 bridgehead atoms. The predicted octanol–water partition coefficient (Wildman–Crippen LogP) is 3.42. The highest BCUT2D eigenvalue weighted by Crippen LogP contribution is 2.23. The van der Waals surface area contributed by atoms with Crippen LogP contribution in [0.3, 0.4) is 0 Å². The van der Waals surface area contributed by atoms with Crippen molar-refractivity contribution >= 4 is 17.1 Å². The third-order valence-corrected chi connectivity index (χ3v) is 3.15. The fourth-order valence-corrected chi connectivity index (χ4v) is 1.99. The third-order valence-electron chi connectivity index (χ3n) is 3.15. The molecule has 0 unspecified atom stereocenters. The predicted molar refractivity (Wildman–Crippen MR) is 78.3 cm³/mol. The van der Waals surface area contributed by atoms with Gasteiger partial charge in [-0.15, -0.1) is 0 Å². The summed E-state index contributed by atoms with van der Waals surface area (Å²) in [6, 6.07) is 11.0. The molecule has 108 valence electrons. The van der Waals surface area contributed by atoms with E-state index in [1.807, 2.05) is 0 Å². The summed E-state index contributed by atoms with van der Waals surface area (Å²) in [4.78, 5) is 20.7. The zero-order valence-electron chi connectivity index (χ0n) is 11.3. The van der Waals surface area contributed by atoms with Crippen molar-refractivity contribution in [2.24, 2.45) is 0 Å². The number of nitro groups is 2. The molecule has 1 N–H and O–H groups in total. The number of nitrogens with one attached hydrogen (secondary N) is 1. The van der Waals surface area contributed by atoms with E-state index in [4.69, 9.17) is 0 Å². The van der Waals surface area contributed by atoms with Gasteiger partial charge in [-0.2, -0.15) is 0 Å². The van der Waals surface area contributed by atoms with Crippen molar-refractivity contribution in [2.75, 3.05) is 5.32 Å². The summed E-state index contributed by atoms with van der Waals surface area (Å²) in [6.45, 7) is 2.04. The van der Waals surface area contributed by atoms with Crippen molar-refractivity contribution in [3.05, 3.63) is 73.8 Å². The van der Waals surface area contributed by atoms with Crippen LogP contribution >= 0.6 is 0 Å². The second-order valence-corrected chi connectivity index (χ2v) is 4.48. The summed E-state index contributed by atoms with van der Waals surface area (Å²) < 4.78 is 0. The van der Waals surface area contributed by atoms with Gasteiger partial charge in [0.1, 0.15) is 0 Å². The molecule has 0 fully saturated rings. The average molecular weight is 287 g/mol. The van der Waals surface area contributed by atoms with Crippen LogP contribution in [0.4, 0.5) is 17.1 Å². The molecule has 0 aliphatic rings. The molecule has 0 aliphatic carbocycles. The highest BCUT2D eigenvalue weighted by Gasteiger charge is 2.13.